The van der Waals surface area contributed by atoms with Gasteiger partial charge in [-0.3, -0.25) is 4.79 Å². The van der Waals surface area contributed by atoms with Crippen LogP contribution in [0.4, 0.5) is 0 Å². The van der Waals surface area contributed by atoms with Crippen molar-refractivity contribution in [2.75, 3.05) is 7.11 Å². The van der Waals surface area contributed by atoms with E-state index in [1.807, 2.05) is 7.11 Å². The zero-order valence-corrected chi connectivity index (χ0v) is 23.5. The van der Waals surface area contributed by atoms with E-state index in [1.54, 1.807) is 0 Å². The number of carboxylic acid groups (broad SMARTS) is 1. The van der Waals surface area contributed by atoms with Gasteiger partial charge in [-0.2, -0.15) is 0 Å². The van der Waals surface area contributed by atoms with Gasteiger partial charge in [0.2, 0.25) is 0 Å². The number of methoxy groups -OCH3 is 1. The van der Waals surface area contributed by atoms with E-state index in [-0.39, 0.29) is 39.8 Å². The average Bonchev–Trinajstić information content (AvgIpc) is 2.79. The number of ether oxygens (including phenoxy) is 1. The second kappa shape index (κ2) is 7.82. The standard InChI is InChI=1S/C31H50O4/c1-18-9-14-31(26(33)34)16-15-29(6)20(24(31)19(18)2)17-21(35-8)25-28(5)12-11-23(32)27(3,4)22(28)10-13-30(25,29)7/h17-19,21-25,32H,9-16H2,1-8H3,(H,33,34)/t18-,19+,21+,22+,23+,24+,25-,28+,29-,30-,31+/m1/s1. The highest BCUT2D eigenvalue weighted by molar-refractivity contribution is 5.76. The summed E-state index contributed by atoms with van der Waals surface area (Å²) in [4.78, 5) is 12.9. The molecule has 35 heavy (non-hydrogen) atoms. The first kappa shape index (κ1) is 25.8. The van der Waals surface area contributed by atoms with Gasteiger partial charge in [-0.15, -0.1) is 0 Å². The molecule has 0 bridgehead atoms. The number of hydrogen-bond donors (Lipinski definition) is 2. The molecule has 0 aliphatic heterocycles. The van der Waals surface area contributed by atoms with Gasteiger partial charge in [-0.1, -0.05) is 60.1 Å². The van der Waals surface area contributed by atoms with E-state index in [1.165, 1.54) is 5.57 Å². The van der Waals surface area contributed by atoms with Crippen molar-refractivity contribution < 1.29 is 19.7 Å². The fourth-order valence-corrected chi connectivity index (χ4v) is 11.1. The highest BCUT2D eigenvalue weighted by Gasteiger charge is 2.71. The smallest absolute Gasteiger partial charge is 0.310 e. The van der Waals surface area contributed by atoms with Crippen molar-refractivity contribution in [3.8, 4) is 0 Å². The number of hydrogen-bond acceptors (Lipinski definition) is 3. The minimum atomic E-state index is -0.628. The molecule has 5 aliphatic rings. The van der Waals surface area contributed by atoms with E-state index >= 15 is 0 Å². The van der Waals surface area contributed by atoms with Crippen LogP contribution in [0.2, 0.25) is 0 Å². The Labute approximate surface area is 213 Å². The Kier molecular flexibility index (Phi) is 5.76. The van der Waals surface area contributed by atoms with Gasteiger partial charge in [0.1, 0.15) is 0 Å². The van der Waals surface area contributed by atoms with E-state index in [4.69, 9.17) is 4.74 Å². The van der Waals surface area contributed by atoms with Crippen molar-refractivity contribution in [1.82, 2.24) is 0 Å². The molecule has 0 aromatic carbocycles. The van der Waals surface area contributed by atoms with Crippen LogP contribution in [0.25, 0.3) is 0 Å². The Morgan fingerprint density at radius 2 is 1.66 bits per heavy atom. The molecular weight excluding hydrogens is 436 g/mol. The van der Waals surface area contributed by atoms with Gasteiger partial charge in [-0.25, -0.2) is 0 Å². The van der Waals surface area contributed by atoms with Crippen LogP contribution in [0.1, 0.15) is 99.8 Å². The summed E-state index contributed by atoms with van der Waals surface area (Å²) in [5.74, 6) is 1.24. The maximum absolute atomic E-state index is 12.9. The number of fused-ring (bicyclic) bond motifs is 7. The van der Waals surface area contributed by atoms with Crippen molar-refractivity contribution >= 4 is 5.97 Å². The van der Waals surface area contributed by atoms with Gasteiger partial charge < -0.3 is 14.9 Å². The SMILES string of the molecule is CO[C@H]1C=C2[C@@H]3[C@@H](C)[C@H](C)CC[C@]3(C(=O)O)CC[C@@]2(C)[C@]2(C)CC[C@H]3C(C)(C)[C@@H](O)CC[C@]3(C)[C@@H]12. The van der Waals surface area contributed by atoms with Gasteiger partial charge in [-0.05, 0) is 96.7 Å². The Morgan fingerprint density at radius 3 is 2.29 bits per heavy atom. The highest BCUT2D eigenvalue weighted by Crippen LogP contribution is 2.76. The summed E-state index contributed by atoms with van der Waals surface area (Å²) in [5, 5.41) is 21.6. The quantitative estimate of drug-likeness (QED) is 0.426. The third-order valence-corrected chi connectivity index (χ3v) is 13.6. The minimum Gasteiger partial charge on any atom is -0.481 e. The zero-order valence-electron chi connectivity index (χ0n) is 23.5. The summed E-state index contributed by atoms with van der Waals surface area (Å²) in [6, 6.07) is 0. The summed E-state index contributed by atoms with van der Waals surface area (Å²) in [6.45, 7) is 16.7. The fraction of sp³-hybridized carbons (Fsp3) is 0.903. The van der Waals surface area contributed by atoms with Crippen LogP contribution in [-0.4, -0.2) is 35.5 Å². The molecule has 5 rings (SSSR count). The number of allylic oxidation sites excluding steroid dienone is 1. The van der Waals surface area contributed by atoms with E-state index in [2.05, 4.69) is 54.5 Å². The van der Waals surface area contributed by atoms with Crippen molar-refractivity contribution in [3.05, 3.63) is 11.6 Å². The van der Waals surface area contributed by atoms with Gasteiger partial charge in [0.05, 0.1) is 17.6 Å². The summed E-state index contributed by atoms with van der Waals surface area (Å²) in [7, 11) is 1.86. The number of aliphatic carboxylic acids is 1. The number of carbonyl (C=O) groups is 1. The summed E-state index contributed by atoms with van der Waals surface area (Å²) in [5.41, 5.74) is 0.802. The summed E-state index contributed by atoms with van der Waals surface area (Å²) < 4.78 is 6.38. The van der Waals surface area contributed by atoms with Crippen LogP contribution < -0.4 is 0 Å². The second-order valence-electron chi connectivity index (χ2n) is 14.8. The molecule has 4 saturated carbocycles. The van der Waals surface area contributed by atoms with Crippen molar-refractivity contribution in [2.24, 2.45) is 56.7 Å². The highest BCUT2D eigenvalue weighted by atomic mass is 16.5. The number of carboxylic acids is 1. The molecule has 0 radical (unpaired) electrons. The largest absolute Gasteiger partial charge is 0.481 e. The lowest BCUT2D eigenvalue weighted by molar-refractivity contribution is -0.230. The van der Waals surface area contributed by atoms with E-state index in [0.29, 0.717) is 23.7 Å². The molecule has 0 aromatic heterocycles. The molecule has 2 N–H and O–H groups in total. The molecule has 0 spiro atoms. The third-order valence-electron chi connectivity index (χ3n) is 13.6. The molecule has 4 heteroatoms. The minimum absolute atomic E-state index is 0.00375. The maximum Gasteiger partial charge on any atom is 0.310 e. The van der Waals surface area contributed by atoms with Crippen molar-refractivity contribution in [1.29, 1.82) is 0 Å². The van der Waals surface area contributed by atoms with Crippen LogP contribution in [0.5, 0.6) is 0 Å². The van der Waals surface area contributed by atoms with E-state index in [0.717, 1.165) is 51.4 Å². The molecule has 0 amide bonds. The van der Waals surface area contributed by atoms with Crippen LogP contribution in [0.15, 0.2) is 11.6 Å². The first-order valence-corrected chi connectivity index (χ1v) is 14.4. The Bertz CT molecular complexity index is 923. The number of rotatable bonds is 2. The molecule has 198 valence electrons. The van der Waals surface area contributed by atoms with Crippen LogP contribution in [0, 0.1) is 56.7 Å². The lowest BCUT2D eigenvalue weighted by atomic mass is 9.33. The average molecular weight is 487 g/mol. The van der Waals surface area contributed by atoms with Crippen LogP contribution in [-0.2, 0) is 9.53 Å². The van der Waals surface area contributed by atoms with E-state index in [9.17, 15) is 15.0 Å². The second-order valence-corrected chi connectivity index (χ2v) is 14.8. The molecule has 11 atom stereocenters. The zero-order chi connectivity index (χ0) is 25.8. The Morgan fingerprint density at radius 1 is 0.971 bits per heavy atom. The molecule has 4 fully saturated rings. The predicted octanol–water partition coefficient (Wildman–Crippen LogP) is 6.71. The Balaban J connectivity index is 1.68. The maximum atomic E-state index is 12.9. The van der Waals surface area contributed by atoms with Crippen LogP contribution in [0.3, 0.4) is 0 Å². The molecule has 0 aromatic rings. The number of aliphatic hydroxyl groups excluding tert-OH is 1. The van der Waals surface area contributed by atoms with Gasteiger partial charge in [0.15, 0.2) is 0 Å². The lowest BCUT2D eigenvalue weighted by Gasteiger charge is -2.72. The molecule has 5 aliphatic carbocycles. The van der Waals surface area contributed by atoms with E-state index < -0.39 is 11.4 Å². The molecule has 0 unspecified atom stereocenters. The normalized spacial score (nSPS) is 55.0. The summed E-state index contributed by atoms with van der Waals surface area (Å²) in [6.07, 6.45) is 9.91. The first-order valence-electron chi connectivity index (χ1n) is 14.4. The molecule has 4 nitrogen and oxygen atoms in total. The lowest BCUT2D eigenvalue weighted by Crippen LogP contribution is -2.68. The van der Waals surface area contributed by atoms with Gasteiger partial charge >= 0.3 is 5.97 Å². The Hall–Kier alpha value is -0.870. The molecule has 0 saturated heterocycles. The molecule has 0 heterocycles. The van der Waals surface area contributed by atoms with Crippen LogP contribution >= 0.6 is 0 Å². The van der Waals surface area contributed by atoms with Crippen molar-refractivity contribution in [3.63, 3.8) is 0 Å². The fourth-order valence-electron chi connectivity index (χ4n) is 11.1. The van der Waals surface area contributed by atoms with Gasteiger partial charge in [0, 0.05) is 13.0 Å². The topological polar surface area (TPSA) is 66.8 Å². The van der Waals surface area contributed by atoms with Gasteiger partial charge in [0.25, 0.3) is 0 Å². The monoisotopic (exact) mass is 486 g/mol. The number of aliphatic hydroxyl groups is 1. The first-order chi connectivity index (χ1) is 16.2. The van der Waals surface area contributed by atoms with Crippen molar-refractivity contribution in [2.45, 2.75) is 112 Å². The third kappa shape index (κ3) is 3.02. The molecular formula is C31H50O4. The summed E-state index contributed by atoms with van der Waals surface area (Å²) >= 11 is 0. The predicted molar refractivity (Wildman–Crippen MR) is 139 cm³/mol.